The number of benzene rings is 10. The molecule has 0 amide bonds. The standard InChI is InChI=1S/C77H66F2N2/c1-47-35-48(2)38-61(37-47)80(57-23-19-55(78)20-24-57)59-27-33-67-65-31-17-53(43-71(65)76(7,8)73(67)45-59)13-11-51-15-29-63-64-30-16-52(42-70(64)75(5,6)69(63)41-51)12-14-54-18-32-66-68-34-28-60(46-74(68)77(9,10)72(66)44-54)81(58-25-21-56(79)22-26-58)62-39-49(3)36-50(4)40-62/h11-46H,1-10H3. The van der Waals surface area contributed by atoms with Gasteiger partial charge in [0.2, 0.25) is 0 Å². The lowest BCUT2D eigenvalue weighted by atomic mass is 9.81. The molecule has 0 bridgehead atoms. The molecular formula is C77H66F2N2. The van der Waals surface area contributed by atoms with E-state index in [1.165, 1.54) is 136 Å². The lowest BCUT2D eigenvalue weighted by Gasteiger charge is -2.28. The van der Waals surface area contributed by atoms with Gasteiger partial charge in [-0.05, 0) is 236 Å². The van der Waals surface area contributed by atoms with Gasteiger partial charge < -0.3 is 9.80 Å². The van der Waals surface area contributed by atoms with Crippen molar-refractivity contribution in [3.8, 4) is 33.4 Å². The number of fused-ring (bicyclic) bond motifs is 9. The third-order valence-electron chi connectivity index (χ3n) is 17.6. The maximum absolute atomic E-state index is 14.2. The van der Waals surface area contributed by atoms with Crippen molar-refractivity contribution in [2.24, 2.45) is 0 Å². The minimum atomic E-state index is -0.247. The largest absolute Gasteiger partial charge is 0.310 e. The first-order valence-electron chi connectivity index (χ1n) is 28.3. The Labute approximate surface area is 477 Å². The molecule has 81 heavy (non-hydrogen) atoms. The summed E-state index contributed by atoms with van der Waals surface area (Å²) < 4.78 is 28.5. The van der Waals surface area contributed by atoms with Gasteiger partial charge in [0.05, 0.1) is 0 Å². The summed E-state index contributed by atoms with van der Waals surface area (Å²) in [5.41, 5.74) is 30.3. The van der Waals surface area contributed by atoms with Crippen molar-refractivity contribution in [3.05, 3.63) is 284 Å². The van der Waals surface area contributed by atoms with E-state index in [0.29, 0.717) is 0 Å². The zero-order chi connectivity index (χ0) is 56.3. The highest BCUT2D eigenvalue weighted by molar-refractivity contribution is 5.90. The highest BCUT2D eigenvalue weighted by Crippen LogP contribution is 2.54. The second-order valence-corrected chi connectivity index (χ2v) is 24.5. The van der Waals surface area contributed by atoms with Crippen LogP contribution in [0.25, 0.3) is 57.7 Å². The molecule has 0 fully saturated rings. The van der Waals surface area contributed by atoms with Crippen molar-refractivity contribution in [2.75, 3.05) is 9.80 Å². The van der Waals surface area contributed by atoms with Gasteiger partial charge in [-0.2, -0.15) is 0 Å². The van der Waals surface area contributed by atoms with Crippen molar-refractivity contribution in [1.82, 2.24) is 0 Å². The van der Waals surface area contributed by atoms with Gasteiger partial charge in [-0.1, -0.05) is 163 Å². The molecule has 0 heterocycles. The molecule has 0 saturated heterocycles. The third-order valence-corrected chi connectivity index (χ3v) is 17.6. The van der Waals surface area contributed by atoms with Crippen LogP contribution in [0, 0.1) is 39.3 Å². The Morgan fingerprint density at radius 1 is 0.259 bits per heavy atom. The SMILES string of the molecule is Cc1cc(C)cc(N(c2ccc(F)cc2)c2ccc3c(c2)C(C)(C)c2cc(C=Cc4ccc5c(c4)C(C)(C)c4cc(C=Cc6ccc7c(c6)C(C)(C)c6cc(N(c8ccc(F)cc8)c8cc(C)cc(C)c8)ccc6-7)ccc4-5)ccc2-3)c1. The number of nitrogens with zero attached hydrogens (tertiary/aromatic N) is 2. The molecule has 10 aromatic rings. The summed E-state index contributed by atoms with van der Waals surface area (Å²) in [4.78, 5) is 4.48. The van der Waals surface area contributed by atoms with Crippen LogP contribution in [-0.2, 0) is 16.2 Å². The average Bonchev–Trinajstić information content (AvgIpc) is 4.11. The smallest absolute Gasteiger partial charge is 0.123 e. The van der Waals surface area contributed by atoms with E-state index in [0.717, 1.165) is 34.1 Å². The topological polar surface area (TPSA) is 6.48 Å². The quantitative estimate of drug-likeness (QED) is 0.126. The van der Waals surface area contributed by atoms with Crippen molar-refractivity contribution < 1.29 is 8.78 Å². The zero-order valence-corrected chi connectivity index (χ0v) is 47.9. The van der Waals surface area contributed by atoms with Crippen molar-refractivity contribution in [2.45, 2.75) is 85.5 Å². The van der Waals surface area contributed by atoms with Crippen LogP contribution in [-0.4, -0.2) is 0 Å². The molecule has 0 aromatic heterocycles. The van der Waals surface area contributed by atoms with E-state index in [1.54, 1.807) is 0 Å². The Bertz CT molecular complexity index is 3950. The Hall–Kier alpha value is -8.86. The van der Waals surface area contributed by atoms with Crippen LogP contribution >= 0.6 is 0 Å². The summed E-state index contributed by atoms with van der Waals surface area (Å²) >= 11 is 0. The molecule has 0 aliphatic heterocycles. The fraction of sp³-hybridized carbons (Fsp3) is 0.169. The molecule has 0 unspecified atom stereocenters. The van der Waals surface area contributed by atoms with Gasteiger partial charge in [-0.3, -0.25) is 0 Å². The Morgan fingerprint density at radius 2 is 0.494 bits per heavy atom. The molecular weight excluding hydrogens is 991 g/mol. The number of hydrogen-bond acceptors (Lipinski definition) is 2. The fourth-order valence-electron chi connectivity index (χ4n) is 13.6. The third kappa shape index (κ3) is 8.93. The first-order valence-corrected chi connectivity index (χ1v) is 28.3. The lowest BCUT2D eigenvalue weighted by Crippen LogP contribution is -2.17. The molecule has 10 aromatic carbocycles. The van der Waals surface area contributed by atoms with Crippen LogP contribution in [0.1, 0.15) is 119 Å². The molecule has 0 atom stereocenters. The summed E-state index contributed by atoms with van der Waals surface area (Å²) in [7, 11) is 0. The minimum Gasteiger partial charge on any atom is -0.310 e. The van der Waals surface area contributed by atoms with Gasteiger partial charge in [0.1, 0.15) is 11.6 Å². The highest BCUT2D eigenvalue weighted by atomic mass is 19.1. The lowest BCUT2D eigenvalue weighted by molar-refractivity contribution is 0.627. The van der Waals surface area contributed by atoms with E-state index in [4.69, 9.17) is 0 Å². The van der Waals surface area contributed by atoms with Crippen LogP contribution < -0.4 is 9.80 Å². The summed E-state index contributed by atoms with van der Waals surface area (Å²) in [6, 6.07) is 68.1. The van der Waals surface area contributed by atoms with Crippen LogP contribution in [0.15, 0.2) is 194 Å². The van der Waals surface area contributed by atoms with Gasteiger partial charge in [0.25, 0.3) is 0 Å². The minimum absolute atomic E-state index is 0.183. The molecule has 0 radical (unpaired) electrons. The molecule has 4 heteroatoms. The van der Waals surface area contributed by atoms with Crippen molar-refractivity contribution in [3.63, 3.8) is 0 Å². The summed E-state index contributed by atoms with van der Waals surface area (Å²) in [6.45, 7) is 22.5. The number of aryl methyl sites for hydroxylation is 4. The fourth-order valence-corrected chi connectivity index (χ4v) is 13.6. The maximum Gasteiger partial charge on any atom is 0.123 e. The molecule has 398 valence electrons. The van der Waals surface area contributed by atoms with E-state index < -0.39 is 0 Å². The zero-order valence-electron chi connectivity index (χ0n) is 47.9. The first kappa shape index (κ1) is 51.6. The predicted molar refractivity (Wildman–Crippen MR) is 338 cm³/mol. The second kappa shape index (κ2) is 19.2. The van der Waals surface area contributed by atoms with E-state index in [2.05, 4.69) is 249 Å². The van der Waals surface area contributed by atoms with E-state index in [9.17, 15) is 8.78 Å². The van der Waals surface area contributed by atoms with Gasteiger partial charge in [0.15, 0.2) is 0 Å². The molecule has 0 spiro atoms. The molecule has 13 rings (SSSR count). The molecule has 2 nitrogen and oxygen atoms in total. The van der Waals surface area contributed by atoms with Crippen LogP contribution in [0.3, 0.4) is 0 Å². The maximum atomic E-state index is 14.2. The van der Waals surface area contributed by atoms with E-state index in [-0.39, 0.29) is 27.9 Å². The highest BCUT2D eigenvalue weighted by Gasteiger charge is 2.39. The van der Waals surface area contributed by atoms with Crippen molar-refractivity contribution in [1.29, 1.82) is 0 Å². The van der Waals surface area contributed by atoms with Crippen LogP contribution in [0.2, 0.25) is 0 Å². The number of rotatable bonds is 10. The monoisotopic (exact) mass is 1060 g/mol. The van der Waals surface area contributed by atoms with Gasteiger partial charge in [0, 0.05) is 50.4 Å². The van der Waals surface area contributed by atoms with E-state index in [1.807, 2.05) is 24.3 Å². The number of anilines is 6. The van der Waals surface area contributed by atoms with Crippen molar-refractivity contribution >= 4 is 58.4 Å². The van der Waals surface area contributed by atoms with Gasteiger partial charge in [-0.15, -0.1) is 0 Å². The molecule has 3 aliphatic rings. The van der Waals surface area contributed by atoms with Gasteiger partial charge >= 0.3 is 0 Å². The Balaban J connectivity index is 0.733. The summed E-state index contributed by atoms with van der Waals surface area (Å²) in [6.07, 6.45) is 9.04. The summed E-state index contributed by atoms with van der Waals surface area (Å²) in [5.74, 6) is -0.495. The predicted octanol–water partition coefficient (Wildman–Crippen LogP) is 21.4. The molecule has 3 aliphatic carbocycles. The Morgan fingerprint density at radius 3 is 0.765 bits per heavy atom. The van der Waals surface area contributed by atoms with E-state index >= 15 is 0 Å². The average molecular weight is 1060 g/mol. The normalized spacial score (nSPS) is 14.6. The van der Waals surface area contributed by atoms with Crippen LogP contribution in [0.4, 0.5) is 42.9 Å². The number of hydrogen-bond donors (Lipinski definition) is 0. The summed E-state index contributed by atoms with van der Waals surface area (Å²) in [5, 5.41) is 0. The van der Waals surface area contributed by atoms with Crippen LogP contribution in [0.5, 0.6) is 0 Å². The second-order valence-electron chi connectivity index (χ2n) is 24.5. The van der Waals surface area contributed by atoms with Gasteiger partial charge in [-0.25, -0.2) is 8.78 Å². The molecule has 0 N–H and O–H groups in total. The Kier molecular flexibility index (Phi) is 12.2. The first-order chi connectivity index (χ1) is 38.8. The number of halogens is 2. The molecule has 0 saturated carbocycles.